The number of cyclic esters (lactones) is 1. The van der Waals surface area contributed by atoms with Crippen molar-refractivity contribution in [3.05, 3.63) is 27.6 Å². The molecule has 2 heterocycles. The van der Waals surface area contributed by atoms with Gasteiger partial charge in [-0.15, -0.1) is 16.5 Å². The molecule has 5 nitrogen and oxygen atoms in total. The second-order valence-corrected chi connectivity index (χ2v) is 3.04. The van der Waals surface area contributed by atoms with Gasteiger partial charge in [0.2, 0.25) is 0 Å². The molecule has 1 aliphatic rings. The first kappa shape index (κ1) is 7.41. The summed E-state index contributed by atoms with van der Waals surface area (Å²) in [4.78, 5) is 11.3. The number of ether oxygens (including phenoxy) is 1. The van der Waals surface area contributed by atoms with Crippen LogP contribution in [0.15, 0.2) is 22.6 Å². The van der Waals surface area contributed by atoms with Crippen LogP contribution in [0.2, 0.25) is 0 Å². The summed E-state index contributed by atoms with van der Waals surface area (Å²) >= 11 is 1.36. The van der Waals surface area contributed by atoms with Crippen molar-refractivity contribution in [3.63, 3.8) is 0 Å². The highest BCUT2D eigenvalue weighted by Crippen LogP contribution is 2.11. The molecule has 1 aromatic heterocycles. The van der Waals surface area contributed by atoms with Gasteiger partial charge < -0.3 is 9.94 Å². The molecule has 0 saturated carbocycles. The van der Waals surface area contributed by atoms with Gasteiger partial charge in [-0.2, -0.15) is 4.79 Å². The Balaban J connectivity index is 2.28. The SMILES string of the molecule is O=C1OC(c2cccs2)=N[NH+]1[O-]. The molecule has 12 heavy (non-hydrogen) atoms. The fourth-order valence-electron chi connectivity index (χ4n) is 0.798. The van der Waals surface area contributed by atoms with Crippen LogP contribution in [0.5, 0.6) is 0 Å². The third-order valence-corrected chi connectivity index (χ3v) is 2.16. The van der Waals surface area contributed by atoms with E-state index in [0.29, 0.717) is 4.88 Å². The van der Waals surface area contributed by atoms with E-state index in [0.717, 1.165) is 0 Å². The smallest absolute Gasteiger partial charge is 0.549 e. The van der Waals surface area contributed by atoms with Gasteiger partial charge in [0.25, 0.3) is 5.90 Å². The van der Waals surface area contributed by atoms with Crippen LogP contribution in [0.4, 0.5) is 4.79 Å². The van der Waals surface area contributed by atoms with Crippen LogP contribution in [0.3, 0.4) is 0 Å². The van der Waals surface area contributed by atoms with Crippen molar-refractivity contribution >= 4 is 23.3 Å². The zero-order chi connectivity index (χ0) is 8.55. The monoisotopic (exact) mass is 184 g/mol. The summed E-state index contributed by atoms with van der Waals surface area (Å²) < 4.78 is 4.59. The second kappa shape index (κ2) is 2.67. The van der Waals surface area contributed by atoms with Crippen LogP contribution in [0.25, 0.3) is 0 Å². The van der Waals surface area contributed by atoms with Gasteiger partial charge in [-0.05, 0) is 16.5 Å². The maximum absolute atomic E-state index is 10.6. The molecule has 62 valence electrons. The van der Waals surface area contributed by atoms with E-state index in [-0.39, 0.29) is 5.90 Å². The Morgan fingerprint density at radius 1 is 1.67 bits per heavy atom. The van der Waals surface area contributed by atoms with Gasteiger partial charge in [0.05, 0.1) is 4.88 Å². The Bertz CT molecular complexity index is 333. The van der Waals surface area contributed by atoms with E-state index in [1.807, 2.05) is 5.38 Å². The van der Waals surface area contributed by atoms with Gasteiger partial charge in [-0.3, -0.25) is 0 Å². The summed E-state index contributed by atoms with van der Waals surface area (Å²) in [5, 5.41) is 15.0. The first-order chi connectivity index (χ1) is 5.77. The highest BCUT2D eigenvalue weighted by molar-refractivity contribution is 7.12. The summed E-state index contributed by atoms with van der Waals surface area (Å²) in [6.45, 7) is 0. The molecule has 1 amide bonds. The predicted octanol–water partition coefficient (Wildman–Crippen LogP) is -0.0574. The van der Waals surface area contributed by atoms with Gasteiger partial charge in [-0.25, -0.2) is 0 Å². The molecular formula is C6H4N2O3S. The summed E-state index contributed by atoms with van der Waals surface area (Å²) in [5.74, 6) is 0.111. The molecule has 0 aromatic carbocycles. The van der Waals surface area contributed by atoms with E-state index in [2.05, 4.69) is 9.84 Å². The Hall–Kier alpha value is -1.24. The minimum absolute atomic E-state index is 0.111. The molecule has 0 saturated heterocycles. The number of carbonyl (C=O) groups is 1. The number of quaternary nitrogens is 1. The Kier molecular flexibility index (Phi) is 1.65. The van der Waals surface area contributed by atoms with E-state index in [9.17, 15) is 10.0 Å². The Labute approximate surface area is 71.4 Å². The number of nitrogens with zero attached hydrogens (tertiary/aromatic N) is 1. The van der Waals surface area contributed by atoms with E-state index in [4.69, 9.17) is 0 Å². The number of carbonyl (C=O) groups excluding carboxylic acids is 1. The molecule has 0 aliphatic carbocycles. The van der Waals surface area contributed by atoms with E-state index >= 15 is 0 Å². The van der Waals surface area contributed by atoms with Crippen molar-refractivity contribution in [1.29, 1.82) is 0 Å². The minimum Gasteiger partial charge on any atom is -0.596 e. The summed E-state index contributed by atoms with van der Waals surface area (Å²) in [7, 11) is 0. The van der Waals surface area contributed by atoms with Crippen molar-refractivity contribution in [1.82, 2.24) is 0 Å². The molecule has 0 radical (unpaired) electrons. The lowest BCUT2D eigenvalue weighted by atomic mass is 10.5. The molecule has 0 spiro atoms. The number of rotatable bonds is 1. The van der Waals surface area contributed by atoms with E-state index in [1.54, 1.807) is 12.1 Å². The number of hydrogen-bond acceptors (Lipinski definition) is 5. The highest BCUT2D eigenvalue weighted by atomic mass is 32.1. The molecule has 1 atom stereocenters. The number of amides is 1. The van der Waals surface area contributed by atoms with Crippen LogP contribution in [0.1, 0.15) is 4.88 Å². The Morgan fingerprint density at radius 2 is 2.50 bits per heavy atom. The van der Waals surface area contributed by atoms with Crippen LogP contribution >= 0.6 is 11.3 Å². The largest absolute Gasteiger partial charge is 0.596 e. The standard InChI is InChI=1S/C6H4N2O3S/c9-6-8(10)7-5(11-6)4-2-1-3-12-4/h1-3,8H. The number of hydrogen-bond donors (Lipinski definition) is 1. The normalized spacial score (nSPS) is 22.2. The lowest BCUT2D eigenvalue weighted by molar-refractivity contribution is -0.765. The average molecular weight is 184 g/mol. The third-order valence-electron chi connectivity index (χ3n) is 1.30. The lowest BCUT2D eigenvalue weighted by Crippen LogP contribution is -3.03. The molecule has 1 N–H and O–H groups in total. The van der Waals surface area contributed by atoms with Crippen LogP contribution in [0, 0.1) is 5.21 Å². The number of nitrogens with one attached hydrogen (secondary N) is 1. The van der Waals surface area contributed by atoms with Gasteiger partial charge >= 0.3 is 6.09 Å². The fourth-order valence-corrected chi connectivity index (χ4v) is 1.45. The van der Waals surface area contributed by atoms with Crippen molar-refractivity contribution in [2.75, 3.05) is 0 Å². The first-order valence-corrected chi connectivity index (χ1v) is 4.04. The molecular weight excluding hydrogens is 180 g/mol. The molecule has 1 aromatic rings. The van der Waals surface area contributed by atoms with Crippen LogP contribution < -0.4 is 5.17 Å². The van der Waals surface area contributed by atoms with Crippen molar-refractivity contribution < 1.29 is 14.7 Å². The van der Waals surface area contributed by atoms with Crippen molar-refractivity contribution in [3.8, 4) is 0 Å². The maximum atomic E-state index is 10.6. The molecule has 6 heteroatoms. The number of hydroxylamine groups is 1. The predicted molar refractivity (Wildman–Crippen MR) is 41.7 cm³/mol. The second-order valence-electron chi connectivity index (χ2n) is 2.09. The zero-order valence-corrected chi connectivity index (χ0v) is 6.63. The van der Waals surface area contributed by atoms with Crippen molar-refractivity contribution in [2.24, 2.45) is 5.10 Å². The first-order valence-electron chi connectivity index (χ1n) is 3.16. The number of thiophene rings is 1. The van der Waals surface area contributed by atoms with E-state index < -0.39 is 11.3 Å². The van der Waals surface area contributed by atoms with Gasteiger partial charge in [0.1, 0.15) is 0 Å². The highest BCUT2D eigenvalue weighted by Gasteiger charge is 2.27. The van der Waals surface area contributed by atoms with Gasteiger partial charge in [-0.1, -0.05) is 6.07 Å². The topological polar surface area (TPSA) is 66.2 Å². The quantitative estimate of drug-likeness (QED) is 0.622. The molecule has 2 rings (SSSR count). The van der Waals surface area contributed by atoms with Crippen molar-refractivity contribution in [2.45, 2.75) is 0 Å². The lowest BCUT2D eigenvalue weighted by Gasteiger charge is -1.98. The maximum Gasteiger partial charge on any atom is 0.549 e. The summed E-state index contributed by atoms with van der Waals surface area (Å²) in [6.07, 6.45) is -0.904. The van der Waals surface area contributed by atoms with Gasteiger partial charge in [0.15, 0.2) is 0 Å². The average Bonchev–Trinajstić information content (AvgIpc) is 2.61. The fraction of sp³-hybridized carbons (Fsp3) is 0. The molecule has 0 fully saturated rings. The molecule has 0 bridgehead atoms. The van der Waals surface area contributed by atoms with E-state index in [1.165, 1.54) is 11.3 Å². The molecule has 1 unspecified atom stereocenters. The Morgan fingerprint density at radius 3 is 3.00 bits per heavy atom. The summed E-state index contributed by atoms with van der Waals surface area (Å²) in [6, 6.07) is 3.52. The molecule has 1 aliphatic heterocycles. The summed E-state index contributed by atoms with van der Waals surface area (Å²) in [5.41, 5.74) is 0. The zero-order valence-electron chi connectivity index (χ0n) is 5.81. The minimum atomic E-state index is -0.904. The van der Waals surface area contributed by atoms with Gasteiger partial charge in [0, 0.05) is 0 Å². The van der Waals surface area contributed by atoms with Crippen LogP contribution in [-0.2, 0) is 4.74 Å². The van der Waals surface area contributed by atoms with Crippen LogP contribution in [-0.4, -0.2) is 12.0 Å². The third kappa shape index (κ3) is 1.11.